The molecule has 0 atom stereocenters. The molecule has 114 valence electrons. The summed E-state index contributed by atoms with van der Waals surface area (Å²) < 4.78 is 15.1. The van der Waals surface area contributed by atoms with Gasteiger partial charge in [0.05, 0.1) is 18.5 Å². The number of carbonyl (C=O) groups is 1. The molecule has 0 bridgehead atoms. The summed E-state index contributed by atoms with van der Waals surface area (Å²) in [6, 6.07) is 4.21. The number of amides is 1. The molecular weight excluding hydrogens is 307 g/mol. The number of aromatic nitrogens is 2. The van der Waals surface area contributed by atoms with Crippen molar-refractivity contribution in [1.29, 1.82) is 0 Å². The zero-order valence-electron chi connectivity index (χ0n) is 12.0. The third-order valence-corrected chi connectivity index (χ3v) is 3.62. The number of hydrogen-bond donors (Lipinski definition) is 0. The molecule has 1 aliphatic rings. The predicted octanol–water partition coefficient (Wildman–Crippen LogP) is 2.74. The lowest BCUT2D eigenvalue weighted by atomic mass is 10.1. The largest absolute Gasteiger partial charge is 0.275 e. The van der Waals surface area contributed by atoms with Crippen molar-refractivity contribution in [3.63, 3.8) is 0 Å². The van der Waals surface area contributed by atoms with Gasteiger partial charge in [0.1, 0.15) is 5.82 Å². The Morgan fingerprint density at radius 2 is 2.14 bits per heavy atom. The Balaban J connectivity index is 1.86. The number of halogens is 2. The number of hydrogen-bond acceptors (Lipinski definition) is 3. The maximum Gasteiger partial charge on any atom is 0.243 e. The third-order valence-electron chi connectivity index (χ3n) is 3.40. The standard InChI is InChI=1S/C15H14ClFN4O/c1-20-9-11(7-18-20)14-2-3-15(22)21(19-14)8-10-4-12(16)6-13(17)5-10/h4-7,9H,2-3,8H2,1H3. The topological polar surface area (TPSA) is 50.5 Å². The molecule has 0 unspecified atom stereocenters. The first-order valence-corrected chi connectivity index (χ1v) is 7.21. The van der Waals surface area contributed by atoms with E-state index in [-0.39, 0.29) is 12.5 Å². The molecular formula is C15H14ClFN4O. The minimum absolute atomic E-state index is 0.0898. The van der Waals surface area contributed by atoms with Gasteiger partial charge >= 0.3 is 0 Å². The van der Waals surface area contributed by atoms with Crippen molar-refractivity contribution in [2.24, 2.45) is 12.1 Å². The van der Waals surface area contributed by atoms with Gasteiger partial charge < -0.3 is 0 Å². The summed E-state index contributed by atoms with van der Waals surface area (Å²) in [5.41, 5.74) is 2.29. The van der Waals surface area contributed by atoms with Gasteiger partial charge in [-0.05, 0) is 23.8 Å². The van der Waals surface area contributed by atoms with Crippen LogP contribution in [0.2, 0.25) is 5.02 Å². The molecule has 0 aliphatic carbocycles. The monoisotopic (exact) mass is 320 g/mol. The van der Waals surface area contributed by atoms with Gasteiger partial charge in [0.25, 0.3) is 0 Å². The highest BCUT2D eigenvalue weighted by Gasteiger charge is 2.22. The lowest BCUT2D eigenvalue weighted by Crippen LogP contribution is -2.31. The molecule has 1 aromatic heterocycles. The molecule has 5 nitrogen and oxygen atoms in total. The number of aryl methyl sites for hydroxylation is 1. The highest BCUT2D eigenvalue weighted by molar-refractivity contribution is 6.30. The van der Waals surface area contributed by atoms with E-state index in [0.29, 0.717) is 23.4 Å². The van der Waals surface area contributed by atoms with Crippen molar-refractivity contribution in [1.82, 2.24) is 14.8 Å². The Hall–Kier alpha value is -2.21. The van der Waals surface area contributed by atoms with E-state index < -0.39 is 5.82 Å². The maximum absolute atomic E-state index is 13.4. The molecule has 0 spiro atoms. The number of carbonyl (C=O) groups excluding carboxylic acids is 1. The van der Waals surface area contributed by atoms with Crippen LogP contribution in [0, 0.1) is 5.82 Å². The SMILES string of the molecule is Cn1cc(C2=NN(Cc3cc(F)cc(Cl)c3)C(=O)CC2)cn1. The van der Waals surface area contributed by atoms with Crippen molar-refractivity contribution < 1.29 is 9.18 Å². The Labute approximate surface area is 132 Å². The van der Waals surface area contributed by atoms with E-state index in [1.807, 2.05) is 13.2 Å². The van der Waals surface area contributed by atoms with Crippen LogP contribution in [0.4, 0.5) is 4.39 Å². The van der Waals surface area contributed by atoms with Crippen molar-refractivity contribution in [2.45, 2.75) is 19.4 Å². The molecule has 1 amide bonds. The molecule has 7 heteroatoms. The minimum Gasteiger partial charge on any atom is -0.275 e. The normalized spacial score (nSPS) is 15.1. The molecule has 0 fully saturated rings. The van der Waals surface area contributed by atoms with Gasteiger partial charge in [-0.2, -0.15) is 10.2 Å². The van der Waals surface area contributed by atoms with Crippen LogP contribution in [-0.2, 0) is 18.4 Å². The molecule has 0 saturated carbocycles. The Bertz CT molecular complexity index is 736. The van der Waals surface area contributed by atoms with E-state index in [9.17, 15) is 9.18 Å². The first kappa shape index (κ1) is 14.7. The molecule has 0 N–H and O–H groups in total. The highest BCUT2D eigenvalue weighted by Crippen LogP contribution is 2.20. The van der Waals surface area contributed by atoms with Crippen molar-refractivity contribution >= 4 is 23.2 Å². The molecule has 1 aliphatic heterocycles. The van der Waals surface area contributed by atoms with E-state index in [0.717, 1.165) is 11.3 Å². The number of hydrazone groups is 1. The van der Waals surface area contributed by atoms with Gasteiger partial charge in [0.2, 0.25) is 5.91 Å². The second-order valence-corrected chi connectivity index (χ2v) is 5.61. The van der Waals surface area contributed by atoms with Crippen molar-refractivity contribution in [3.8, 4) is 0 Å². The Morgan fingerprint density at radius 3 is 2.82 bits per heavy atom. The van der Waals surface area contributed by atoms with Crippen LogP contribution in [0.25, 0.3) is 0 Å². The summed E-state index contributed by atoms with van der Waals surface area (Å²) in [5, 5.41) is 10.2. The molecule has 1 aromatic carbocycles. The van der Waals surface area contributed by atoms with Gasteiger partial charge in [-0.3, -0.25) is 9.48 Å². The average molecular weight is 321 g/mol. The first-order valence-electron chi connectivity index (χ1n) is 6.83. The zero-order chi connectivity index (χ0) is 15.7. The fraction of sp³-hybridized carbons (Fsp3) is 0.267. The van der Waals surface area contributed by atoms with Gasteiger partial charge in [-0.15, -0.1) is 0 Å². The van der Waals surface area contributed by atoms with Gasteiger partial charge in [0.15, 0.2) is 0 Å². The van der Waals surface area contributed by atoms with E-state index in [1.54, 1.807) is 16.9 Å². The van der Waals surface area contributed by atoms with Gasteiger partial charge in [-0.25, -0.2) is 9.40 Å². The second-order valence-electron chi connectivity index (χ2n) is 5.18. The zero-order valence-corrected chi connectivity index (χ0v) is 12.7. The summed E-state index contributed by atoms with van der Waals surface area (Å²) in [6.45, 7) is 0.195. The Kier molecular flexibility index (Phi) is 3.94. The summed E-state index contributed by atoms with van der Waals surface area (Å²) in [6.07, 6.45) is 4.51. The summed E-state index contributed by atoms with van der Waals surface area (Å²) in [5.74, 6) is -0.517. The lowest BCUT2D eigenvalue weighted by Gasteiger charge is -2.23. The van der Waals surface area contributed by atoms with Crippen LogP contribution < -0.4 is 0 Å². The summed E-state index contributed by atoms with van der Waals surface area (Å²) >= 11 is 5.84. The maximum atomic E-state index is 13.4. The molecule has 0 saturated heterocycles. The molecule has 22 heavy (non-hydrogen) atoms. The van der Waals surface area contributed by atoms with Crippen LogP contribution in [0.3, 0.4) is 0 Å². The smallest absolute Gasteiger partial charge is 0.243 e. The predicted molar refractivity (Wildman–Crippen MR) is 80.9 cm³/mol. The lowest BCUT2D eigenvalue weighted by molar-refractivity contribution is -0.132. The van der Waals surface area contributed by atoms with Gasteiger partial charge in [0, 0.05) is 36.7 Å². The number of rotatable bonds is 3. The average Bonchev–Trinajstić information content (AvgIpc) is 2.87. The van der Waals surface area contributed by atoms with Crippen LogP contribution in [0.1, 0.15) is 24.0 Å². The van der Waals surface area contributed by atoms with E-state index >= 15 is 0 Å². The molecule has 0 radical (unpaired) electrons. The minimum atomic E-state index is -0.427. The van der Waals surface area contributed by atoms with Gasteiger partial charge in [-0.1, -0.05) is 11.6 Å². The fourth-order valence-corrected chi connectivity index (χ4v) is 2.62. The van der Waals surface area contributed by atoms with Crippen LogP contribution >= 0.6 is 11.6 Å². The first-order chi connectivity index (χ1) is 10.5. The van der Waals surface area contributed by atoms with Crippen LogP contribution in [0.5, 0.6) is 0 Å². The summed E-state index contributed by atoms with van der Waals surface area (Å²) in [4.78, 5) is 12.0. The van der Waals surface area contributed by atoms with Crippen LogP contribution in [0.15, 0.2) is 35.7 Å². The highest BCUT2D eigenvalue weighted by atomic mass is 35.5. The van der Waals surface area contributed by atoms with E-state index in [1.165, 1.54) is 17.1 Å². The molecule has 2 aromatic rings. The van der Waals surface area contributed by atoms with E-state index in [2.05, 4.69) is 10.2 Å². The van der Waals surface area contributed by atoms with Crippen LogP contribution in [-0.4, -0.2) is 26.4 Å². The quantitative estimate of drug-likeness (QED) is 0.873. The number of benzene rings is 1. The van der Waals surface area contributed by atoms with Crippen molar-refractivity contribution in [2.75, 3.05) is 0 Å². The van der Waals surface area contributed by atoms with E-state index in [4.69, 9.17) is 11.6 Å². The summed E-state index contributed by atoms with van der Waals surface area (Å²) in [7, 11) is 1.82. The Morgan fingerprint density at radius 1 is 1.32 bits per heavy atom. The number of nitrogens with zero attached hydrogens (tertiary/aromatic N) is 4. The third kappa shape index (κ3) is 3.17. The second kappa shape index (κ2) is 5.88. The molecule has 2 heterocycles. The fourth-order valence-electron chi connectivity index (χ4n) is 2.38. The van der Waals surface area contributed by atoms with Crippen molar-refractivity contribution in [3.05, 3.63) is 52.6 Å². The molecule has 3 rings (SSSR count).